The van der Waals surface area contributed by atoms with E-state index in [0.29, 0.717) is 6.54 Å². The Hall–Kier alpha value is -2.62. The maximum atomic E-state index is 11.9. The number of unbranched alkanes of at least 4 members (excludes halogenated alkanes) is 1. The van der Waals surface area contributed by atoms with E-state index in [-0.39, 0.29) is 43.7 Å². The average molecular weight is 427 g/mol. The van der Waals surface area contributed by atoms with E-state index in [1.807, 2.05) is 18.9 Å². The summed E-state index contributed by atoms with van der Waals surface area (Å²) in [4.78, 5) is 47.2. The third-order valence-corrected chi connectivity index (χ3v) is 5.03. The Morgan fingerprint density at radius 2 is 1.73 bits per heavy atom. The van der Waals surface area contributed by atoms with E-state index in [4.69, 9.17) is 10.2 Å². The summed E-state index contributed by atoms with van der Waals surface area (Å²) >= 11 is 0. The van der Waals surface area contributed by atoms with Gasteiger partial charge < -0.3 is 31.1 Å². The smallest absolute Gasteiger partial charge is 0.326 e. The van der Waals surface area contributed by atoms with Crippen molar-refractivity contribution in [3.05, 3.63) is 11.4 Å². The summed E-state index contributed by atoms with van der Waals surface area (Å²) in [6.07, 6.45) is 3.48. The molecular formula is C20H34N4O6. The third-order valence-electron chi connectivity index (χ3n) is 5.03. The van der Waals surface area contributed by atoms with Gasteiger partial charge in [-0.25, -0.2) is 4.79 Å². The molecular weight excluding hydrogens is 392 g/mol. The number of carboxylic acids is 2. The van der Waals surface area contributed by atoms with Crippen LogP contribution in [0.1, 0.15) is 58.8 Å². The molecule has 2 unspecified atom stereocenters. The number of hydrogen-bond acceptors (Lipinski definition) is 6. The number of amides is 2. The Morgan fingerprint density at radius 1 is 1.03 bits per heavy atom. The molecule has 0 aromatic rings. The molecule has 1 aliphatic heterocycles. The Balaban J connectivity index is 2.28. The van der Waals surface area contributed by atoms with Crippen LogP contribution in [0.5, 0.6) is 0 Å². The van der Waals surface area contributed by atoms with Crippen LogP contribution in [0.2, 0.25) is 0 Å². The second kappa shape index (κ2) is 12.8. The highest BCUT2D eigenvalue weighted by molar-refractivity contribution is 5.84. The molecule has 0 aliphatic carbocycles. The fourth-order valence-electron chi connectivity index (χ4n) is 3.37. The van der Waals surface area contributed by atoms with Crippen molar-refractivity contribution in [3.63, 3.8) is 0 Å². The highest BCUT2D eigenvalue weighted by Crippen LogP contribution is 2.37. The van der Waals surface area contributed by atoms with E-state index in [2.05, 4.69) is 16.0 Å². The summed E-state index contributed by atoms with van der Waals surface area (Å²) in [5.41, 5.74) is 2.13. The first kappa shape index (κ1) is 25.4. The minimum atomic E-state index is -1.15. The number of carbonyl (C=O) groups is 4. The lowest BCUT2D eigenvalue weighted by Crippen LogP contribution is -2.41. The lowest BCUT2D eigenvalue weighted by Gasteiger charge is -2.15. The topological polar surface area (TPSA) is 148 Å². The summed E-state index contributed by atoms with van der Waals surface area (Å²) < 4.78 is 0. The van der Waals surface area contributed by atoms with Crippen molar-refractivity contribution < 1.29 is 29.4 Å². The summed E-state index contributed by atoms with van der Waals surface area (Å²) in [5.74, 6) is -2.61. The molecule has 0 aromatic heterocycles. The average Bonchev–Trinajstić information content (AvgIpc) is 3.38. The second-order valence-corrected chi connectivity index (χ2v) is 7.20. The molecule has 1 rings (SSSR count). The van der Waals surface area contributed by atoms with Crippen molar-refractivity contribution in [2.45, 2.75) is 70.9 Å². The first-order valence-corrected chi connectivity index (χ1v) is 10.4. The summed E-state index contributed by atoms with van der Waals surface area (Å²) in [6.45, 7) is 4.10. The van der Waals surface area contributed by atoms with Gasteiger partial charge in [0.1, 0.15) is 12.6 Å². The number of allylic oxidation sites excluding steroid dienone is 1. The zero-order valence-electron chi connectivity index (χ0n) is 18.0. The lowest BCUT2D eigenvalue weighted by molar-refractivity contribution is -0.142. The van der Waals surface area contributed by atoms with Gasteiger partial charge in [0.05, 0.1) is 5.70 Å². The van der Waals surface area contributed by atoms with Gasteiger partial charge in [0.25, 0.3) is 0 Å². The van der Waals surface area contributed by atoms with Crippen LogP contribution < -0.4 is 16.0 Å². The predicted molar refractivity (Wildman–Crippen MR) is 110 cm³/mol. The highest BCUT2D eigenvalue weighted by Gasteiger charge is 2.37. The number of aliphatic carboxylic acids is 2. The zero-order chi connectivity index (χ0) is 22.7. The molecule has 0 radical (unpaired) electrons. The molecule has 5 N–H and O–H groups in total. The van der Waals surface area contributed by atoms with Crippen molar-refractivity contribution in [1.82, 2.24) is 20.9 Å². The molecule has 0 aromatic carbocycles. The fourth-order valence-corrected chi connectivity index (χ4v) is 3.37. The minimum absolute atomic E-state index is 0.0111. The van der Waals surface area contributed by atoms with E-state index in [9.17, 15) is 19.2 Å². The van der Waals surface area contributed by atoms with Crippen LogP contribution in [0.25, 0.3) is 0 Å². The van der Waals surface area contributed by atoms with Gasteiger partial charge in [-0.2, -0.15) is 0 Å². The van der Waals surface area contributed by atoms with Crippen molar-refractivity contribution in [3.8, 4) is 0 Å². The minimum Gasteiger partial charge on any atom is -0.480 e. The van der Waals surface area contributed by atoms with Crippen molar-refractivity contribution >= 4 is 23.8 Å². The van der Waals surface area contributed by atoms with Crippen LogP contribution in [0.15, 0.2) is 11.4 Å². The lowest BCUT2D eigenvalue weighted by atomic mass is 10.1. The zero-order valence-corrected chi connectivity index (χ0v) is 18.0. The number of carboxylic acid groups (broad SMARTS) is 2. The molecule has 10 nitrogen and oxygen atoms in total. The normalized spacial score (nSPS) is 14.8. The van der Waals surface area contributed by atoms with Gasteiger partial charge in [-0.05, 0) is 39.2 Å². The van der Waals surface area contributed by atoms with E-state index in [0.717, 1.165) is 37.1 Å². The largest absolute Gasteiger partial charge is 0.480 e. The molecule has 170 valence electrons. The molecule has 0 fully saturated rings. The van der Waals surface area contributed by atoms with Crippen molar-refractivity contribution in [1.29, 1.82) is 0 Å². The quantitative estimate of drug-likeness (QED) is 0.226. The monoisotopic (exact) mass is 426 g/mol. The summed E-state index contributed by atoms with van der Waals surface area (Å²) in [7, 11) is 1.85. The molecule has 2 amide bonds. The molecule has 1 aliphatic rings. The number of likely N-dealkylation sites (N-methyl/N-ethyl adjacent to an activating group) is 1. The number of nitrogens with zero attached hydrogens (tertiary/aromatic N) is 1. The molecule has 10 heteroatoms. The Labute approximate surface area is 177 Å². The Morgan fingerprint density at radius 3 is 2.27 bits per heavy atom. The van der Waals surface area contributed by atoms with Gasteiger partial charge in [0.2, 0.25) is 11.8 Å². The number of rotatable bonds is 16. The maximum absolute atomic E-state index is 11.9. The van der Waals surface area contributed by atoms with Crippen molar-refractivity contribution in [2.24, 2.45) is 0 Å². The SMILES string of the molecule is CCC(=O)NC(CCC(=O)NCCCCC(NC)C1=C(CC)N1CC(=O)O)C(=O)O. The molecule has 0 saturated carbocycles. The van der Waals surface area contributed by atoms with Crippen LogP contribution in [-0.4, -0.2) is 71.1 Å². The van der Waals surface area contributed by atoms with Gasteiger partial charge in [-0.15, -0.1) is 0 Å². The van der Waals surface area contributed by atoms with Crippen molar-refractivity contribution in [2.75, 3.05) is 20.1 Å². The predicted octanol–water partition coefficient (Wildman–Crippen LogP) is 0.642. The van der Waals surface area contributed by atoms with Gasteiger partial charge in [0, 0.05) is 31.1 Å². The van der Waals surface area contributed by atoms with Crippen LogP contribution in [0.3, 0.4) is 0 Å². The summed E-state index contributed by atoms with van der Waals surface area (Å²) in [5, 5.41) is 26.5. The summed E-state index contributed by atoms with van der Waals surface area (Å²) in [6, 6.07) is -0.971. The third kappa shape index (κ3) is 8.40. The van der Waals surface area contributed by atoms with Gasteiger partial charge in [0.15, 0.2) is 0 Å². The van der Waals surface area contributed by atoms with Crippen LogP contribution in [0, 0.1) is 0 Å². The van der Waals surface area contributed by atoms with Crippen LogP contribution >= 0.6 is 0 Å². The molecule has 0 spiro atoms. The van der Waals surface area contributed by atoms with Gasteiger partial charge >= 0.3 is 11.9 Å². The number of hydrogen-bond donors (Lipinski definition) is 5. The van der Waals surface area contributed by atoms with E-state index >= 15 is 0 Å². The molecule has 0 bridgehead atoms. The molecule has 2 atom stereocenters. The Bertz CT molecular complexity index is 664. The Kier molecular flexibility index (Phi) is 10.9. The second-order valence-electron chi connectivity index (χ2n) is 7.20. The number of carbonyl (C=O) groups excluding carboxylic acids is 2. The first-order chi connectivity index (χ1) is 14.2. The van der Waals surface area contributed by atoms with E-state index < -0.39 is 18.0 Å². The maximum Gasteiger partial charge on any atom is 0.326 e. The van der Waals surface area contributed by atoms with Gasteiger partial charge in [-0.1, -0.05) is 13.8 Å². The fraction of sp³-hybridized carbons (Fsp3) is 0.700. The van der Waals surface area contributed by atoms with Gasteiger partial charge in [-0.3, -0.25) is 14.4 Å². The highest BCUT2D eigenvalue weighted by atomic mass is 16.4. The molecule has 1 heterocycles. The van der Waals surface area contributed by atoms with Crippen LogP contribution in [-0.2, 0) is 19.2 Å². The van der Waals surface area contributed by atoms with Crippen LogP contribution in [0.4, 0.5) is 0 Å². The first-order valence-electron chi connectivity index (χ1n) is 10.4. The molecule has 0 saturated heterocycles. The standard InChI is InChI=1S/C20H34N4O6/c1-4-15-19(24(15)12-18(27)28)13(21-3)8-6-7-11-22-17(26)10-9-14(20(29)30)23-16(25)5-2/h13-14,21H,4-12H2,1-3H3,(H,22,26)(H,23,25)(H,27,28)(H,29,30). The van der Waals surface area contributed by atoms with E-state index in [1.54, 1.807) is 6.92 Å². The van der Waals surface area contributed by atoms with E-state index in [1.165, 1.54) is 0 Å². The molecule has 30 heavy (non-hydrogen) atoms. The number of nitrogens with one attached hydrogen (secondary N) is 3.